The first-order valence-electron chi connectivity index (χ1n) is 8.30. The van der Waals surface area contributed by atoms with Crippen molar-refractivity contribution in [1.82, 2.24) is 5.16 Å². The third-order valence-electron chi connectivity index (χ3n) is 4.02. The molecule has 2 N–H and O–H groups in total. The summed E-state index contributed by atoms with van der Waals surface area (Å²) >= 11 is 0. The van der Waals surface area contributed by atoms with Gasteiger partial charge in [-0.3, -0.25) is 14.8 Å². The van der Waals surface area contributed by atoms with E-state index in [-0.39, 0.29) is 22.4 Å². The average molecular weight is 403 g/mol. The Morgan fingerprint density at radius 1 is 1.11 bits per heavy atom. The molecular weight excluding hydrogens is 385 g/mol. The molecule has 0 atom stereocenters. The van der Waals surface area contributed by atoms with Crippen LogP contribution >= 0.6 is 0 Å². The Labute approximate surface area is 161 Å². The molecule has 2 aromatic carbocycles. The van der Waals surface area contributed by atoms with Crippen molar-refractivity contribution in [2.75, 3.05) is 10.0 Å². The topological polar surface area (TPSA) is 101 Å². The molecule has 0 fully saturated rings. The molecule has 1 heterocycles. The third kappa shape index (κ3) is 4.04. The van der Waals surface area contributed by atoms with Crippen LogP contribution in [0.4, 0.5) is 16.0 Å². The number of amides is 1. The van der Waals surface area contributed by atoms with Crippen molar-refractivity contribution in [3.63, 3.8) is 0 Å². The molecule has 0 radical (unpaired) electrons. The second kappa shape index (κ2) is 7.43. The van der Waals surface area contributed by atoms with E-state index in [1.807, 2.05) is 0 Å². The lowest BCUT2D eigenvalue weighted by atomic mass is 10.0. The number of rotatable bonds is 5. The second-order valence-corrected chi connectivity index (χ2v) is 7.90. The highest BCUT2D eigenvalue weighted by molar-refractivity contribution is 7.92. The highest BCUT2D eigenvalue weighted by Gasteiger charge is 2.22. The quantitative estimate of drug-likeness (QED) is 0.674. The molecule has 0 spiro atoms. The van der Waals surface area contributed by atoms with Crippen molar-refractivity contribution in [1.29, 1.82) is 0 Å². The molecule has 0 bridgehead atoms. The fourth-order valence-corrected chi connectivity index (χ4v) is 4.06. The maximum Gasteiger partial charge on any atom is 0.262 e. The second-order valence-electron chi connectivity index (χ2n) is 6.25. The van der Waals surface area contributed by atoms with Gasteiger partial charge < -0.3 is 4.52 Å². The van der Waals surface area contributed by atoms with E-state index < -0.39 is 15.8 Å². The van der Waals surface area contributed by atoms with Crippen LogP contribution in [-0.2, 0) is 14.8 Å². The van der Waals surface area contributed by atoms with Gasteiger partial charge in [0, 0.05) is 12.6 Å². The number of aromatic nitrogens is 1. The number of benzene rings is 2. The van der Waals surface area contributed by atoms with Crippen LogP contribution in [0.1, 0.15) is 18.2 Å². The van der Waals surface area contributed by atoms with Crippen molar-refractivity contribution in [3.8, 4) is 11.1 Å². The molecule has 0 aliphatic rings. The molecule has 0 aliphatic carbocycles. The van der Waals surface area contributed by atoms with Gasteiger partial charge >= 0.3 is 0 Å². The van der Waals surface area contributed by atoms with Gasteiger partial charge in [-0.25, -0.2) is 12.8 Å². The summed E-state index contributed by atoms with van der Waals surface area (Å²) in [5.41, 5.74) is 2.28. The molecular formula is C19H18FN3O4S. The van der Waals surface area contributed by atoms with Crippen LogP contribution < -0.4 is 10.0 Å². The highest BCUT2D eigenvalue weighted by atomic mass is 32.2. The van der Waals surface area contributed by atoms with Gasteiger partial charge in [0.25, 0.3) is 10.0 Å². The van der Waals surface area contributed by atoms with Crippen LogP contribution in [0, 0.1) is 19.7 Å². The minimum absolute atomic E-state index is 0.0451. The summed E-state index contributed by atoms with van der Waals surface area (Å²) in [5.74, 6) is -0.659. The summed E-state index contributed by atoms with van der Waals surface area (Å²) in [5, 5.41) is 6.39. The van der Waals surface area contributed by atoms with E-state index in [0.717, 1.165) is 0 Å². The zero-order chi connectivity index (χ0) is 20.5. The van der Waals surface area contributed by atoms with Crippen molar-refractivity contribution < 1.29 is 22.1 Å². The van der Waals surface area contributed by atoms with E-state index in [1.165, 1.54) is 37.3 Å². The van der Waals surface area contributed by atoms with Crippen molar-refractivity contribution >= 4 is 27.5 Å². The number of carbonyl (C=O) groups excluding carboxylic acids is 1. The molecule has 28 heavy (non-hydrogen) atoms. The number of nitrogens with zero attached hydrogens (tertiary/aromatic N) is 1. The van der Waals surface area contributed by atoms with Gasteiger partial charge in [-0.1, -0.05) is 17.3 Å². The summed E-state index contributed by atoms with van der Waals surface area (Å²) < 4.78 is 46.4. The zero-order valence-electron chi connectivity index (χ0n) is 15.4. The predicted molar refractivity (Wildman–Crippen MR) is 103 cm³/mol. The smallest absolute Gasteiger partial charge is 0.262 e. The first-order chi connectivity index (χ1) is 13.2. The highest BCUT2D eigenvalue weighted by Crippen LogP contribution is 2.34. The molecule has 3 rings (SSSR count). The lowest BCUT2D eigenvalue weighted by Crippen LogP contribution is -2.14. The molecule has 0 unspecified atom stereocenters. The Morgan fingerprint density at radius 2 is 1.79 bits per heavy atom. The van der Waals surface area contributed by atoms with E-state index in [0.29, 0.717) is 22.4 Å². The molecule has 3 aromatic rings. The number of hydrogen-bond donors (Lipinski definition) is 2. The van der Waals surface area contributed by atoms with E-state index in [9.17, 15) is 17.6 Å². The van der Waals surface area contributed by atoms with Gasteiger partial charge in [0.15, 0.2) is 0 Å². The van der Waals surface area contributed by atoms with E-state index in [2.05, 4.69) is 15.2 Å². The Kier molecular flexibility index (Phi) is 5.19. The van der Waals surface area contributed by atoms with Gasteiger partial charge in [0.2, 0.25) is 11.8 Å². The number of carbonyl (C=O) groups is 1. The summed E-state index contributed by atoms with van der Waals surface area (Å²) in [6.07, 6.45) is 0. The monoisotopic (exact) mass is 403 g/mol. The average Bonchev–Trinajstić information content (AvgIpc) is 2.97. The van der Waals surface area contributed by atoms with Gasteiger partial charge in [-0.05, 0) is 55.3 Å². The first kappa shape index (κ1) is 19.6. The Morgan fingerprint density at radius 3 is 2.43 bits per heavy atom. The first-order valence-corrected chi connectivity index (χ1v) is 9.79. The molecule has 0 saturated carbocycles. The third-order valence-corrected chi connectivity index (χ3v) is 5.54. The molecule has 1 amide bonds. The number of halogens is 1. The lowest BCUT2D eigenvalue weighted by molar-refractivity contribution is -0.114. The van der Waals surface area contributed by atoms with Crippen LogP contribution in [0.15, 0.2) is 51.9 Å². The lowest BCUT2D eigenvalue weighted by Gasteiger charge is -2.12. The number of nitrogens with one attached hydrogen (secondary N) is 2. The van der Waals surface area contributed by atoms with Crippen LogP contribution in [0.2, 0.25) is 0 Å². The molecule has 7 nitrogen and oxygen atoms in total. The van der Waals surface area contributed by atoms with Crippen LogP contribution in [0.5, 0.6) is 0 Å². The van der Waals surface area contributed by atoms with Crippen LogP contribution in [0.25, 0.3) is 11.1 Å². The zero-order valence-corrected chi connectivity index (χ0v) is 16.2. The van der Waals surface area contributed by atoms with E-state index in [1.54, 1.807) is 26.0 Å². The molecule has 0 saturated heterocycles. The fourth-order valence-electron chi connectivity index (χ4n) is 2.73. The fraction of sp³-hybridized carbons (Fsp3) is 0.158. The van der Waals surface area contributed by atoms with Crippen LogP contribution in [-0.4, -0.2) is 19.5 Å². The molecule has 0 aliphatic heterocycles. The minimum Gasteiger partial charge on any atom is -0.337 e. The maximum absolute atomic E-state index is 13.1. The standard InChI is InChI=1S/C19H18FN3O4S/c1-11-4-5-14(18-12(2)22-27-19(18)21-13(3)24)10-17(11)28(25,26)23-16-8-6-15(20)7-9-16/h4-10,23H,1-3H3,(H,21,24). The summed E-state index contributed by atoms with van der Waals surface area (Å²) in [4.78, 5) is 11.4. The van der Waals surface area contributed by atoms with Gasteiger partial charge in [-0.2, -0.15) is 0 Å². The van der Waals surface area contributed by atoms with Gasteiger partial charge in [-0.15, -0.1) is 0 Å². The molecule has 1 aromatic heterocycles. The predicted octanol–water partition coefficient (Wildman–Crippen LogP) is 3.86. The van der Waals surface area contributed by atoms with Gasteiger partial charge in [0.05, 0.1) is 16.2 Å². The van der Waals surface area contributed by atoms with Crippen LogP contribution in [0.3, 0.4) is 0 Å². The Bertz CT molecular complexity index is 1140. The Balaban J connectivity index is 2.04. The number of aryl methyl sites for hydroxylation is 2. The summed E-state index contributed by atoms with van der Waals surface area (Å²) in [7, 11) is -3.93. The SMILES string of the molecule is CC(=O)Nc1onc(C)c1-c1ccc(C)c(S(=O)(=O)Nc2ccc(F)cc2)c1. The number of anilines is 2. The van der Waals surface area contributed by atoms with E-state index >= 15 is 0 Å². The number of sulfonamides is 1. The summed E-state index contributed by atoms with van der Waals surface area (Å²) in [6.45, 7) is 4.69. The minimum atomic E-state index is -3.93. The van der Waals surface area contributed by atoms with Crippen molar-refractivity contribution in [2.45, 2.75) is 25.7 Å². The van der Waals surface area contributed by atoms with E-state index in [4.69, 9.17) is 4.52 Å². The number of hydrogen-bond acceptors (Lipinski definition) is 5. The normalized spacial score (nSPS) is 11.3. The van der Waals surface area contributed by atoms with Crippen molar-refractivity contribution in [3.05, 3.63) is 59.5 Å². The van der Waals surface area contributed by atoms with Crippen molar-refractivity contribution in [2.24, 2.45) is 0 Å². The molecule has 9 heteroatoms. The largest absolute Gasteiger partial charge is 0.337 e. The maximum atomic E-state index is 13.1. The van der Waals surface area contributed by atoms with Gasteiger partial charge in [0.1, 0.15) is 5.82 Å². The Hall–Kier alpha value is -3.20. The molecule has 146 valence electrons. The summed E-state index contributed by atoms with van der Waals surface area (Å²) in [6, 6.07) is 9.86.